The molecule has 3 atom stereocenters. The molecule has 14 heavy (non-hydrogen) atoms. The Kier molecular flexibility index (Phi) is 5.32. The van der Waals surface area contributed by atoms with Gasteiger partial charge in [0.15, 0.2) is 0 Å². The highest BCUT2D eigenvalue weighted by molar-refractivity contribution is 7.99. The van der Waals surface area contributed by atoms with Crippen LogP contribution in [-0.4, -0.2) is 17.0 Å². The highest BCUT2D eigenvalue weighted by Crippen LogP contribution is 2.31. The normalized spacial score (nSPS) is 33.6. The van der Waals surface area contributed by atoms with Crippen LogP contribution in [0.2, 0.25) is 0 Å². The zero-order valence-corrected chi connectivity index (χ0v) is 10.6. The minimum absolute atomic E-state index is 0.461. The van der Waals surface area contributed by atoms with Crippen molar-refractivity contribution >= 4 is 11.8 Å². The van der Waals surface area contributed by atoms with Crippen molar-refractivity contribution in [1.82, 2.24) is 0 Å². The van der Waals surface area contributed by atoms with Gasteiger partial charge in [-0.1, -0.05) is 20.8 Å². The quantitative estimate of drug-likeness (QED) is 0.779. The lowest BCUT2D eigenvalue weighted by Crippen LogP contribution is -2.38. The SMILES string of the molecule is CC(C)CCSC1CC(C)CCC1N. The molecule has 0 heterocycles. The lowest BCUT2D eigenvalue weighted by Gasteiger charge is -2.32. The van der Waals surface area contributed by atoms with E-state index in [4.69, 9.17) is 5.73 Å². The Hall–Kier alpha value is 0.310. The second-order valence-corrected chi connectivity index (χ2v) is 6.52. The van der Waals surface area contributed by atoms with Crippen LogP contribution >= 0.6 is 11.8 Å². The van der Waals surface area contributed by atoms with Gasteiger partial charge in [0.2, 0.25) is 0 Å². The summed E-state index contributed by atoms with van der Waals surface area (Å²) in [5.41, 5.74) is 6.14. The molecule has 0 saturated heterocycles. The van der Waals surface area contributed by atoms with Gasteiger partial charge >= 0.3 is 0 Å². The van der Waals surface area contributed by atoms with E-state index in [1.54, 1.807) is 0 Å². The highest BCUT2D eigenvalue weighted by Gasteiger charge is 2.25. The van der Waals surface area contributed by atoms with Crippen molar-refractivity contribution in [3.63, 3.8) is 0 Å². The predicted octanol–water partition coefficient (Wildman–Crippen LogP) is 3.28. The number of hydrogen-bond donors (Lipinski definition) is 1. The van der Waals surface area contributed by atoms with Gasteiger partial charge in [-0.25, -0.2) is 0 Å². The first kappa shape index (κ1) is 12.4. The molecule has 1 fully saturated rings. The molecule has 0 aromatic rings. The van der Waals surface area contributed by atoms with Gasteiger partial charge in [0.25, 0.3) is 0 Å². The molecule has 84 valence electrons. The molecule has 0 radical (unpaired) electrons. The standard InChI is InChI=1S/C12H25NS/c1-9(2)6-7-14-12-8-10(3)4-5-11(12)13/h9-12H,4-8,13H2,1-3H3. The van der Waals surface area contributed by atoms with Crippen molar-refractivity contribution in [1.29, 1.82) is 0 Å². The van der Waals surface area contributed by atoms with Crippen LogP contribution < -0.4 is 5.73 Å². The molecule has 0 aromatic heterocycles. The van der Waals surface area contributed by atoms with Crippen molar-refractivity contribution in [2.45, 2.75) is 57.7 Å². The fourth-order valence-corrected chi connectivity index (χ4v) is 3.76. The maximum atomic E-state index is 6.14. The third-order valence-corrected chi connectivity index (χ3v) is 4.57. The number of hydrogen-bond acceptors (Lipinski definition) is 2. The Morgan fingerprint density at radius 3 is 2.71 bits per heavy atom. The van der Waals surface area contributed by atoms with Gasteiger partial charge in [0, 0.05) is 11.3 Å². The molecular formula is C12H25NS. The summed E-state index contributed by atoms with van der Waals surface area (Å²) < 4.78 is 0. The Balaban J connectivity index is 2.20. The largest absolute Gasteiger partial charge is 0.327 e. The topological polar surface area (TPSA) is 26.0 Å². The fraction of sp³-hybridized carbons (Fsp3) is 1.00. The monoisotopic (exact) mass is 215 g/mol. The van der Waals surface area contributed by atoms with Crippen LogP contribution in [0.25, 0.3) is 0 Å². The van der Waals surface area contributed by atoms with E-state index in [0.29, 0.717) is 6.04 Å². The van der Waals surface area contributed by atoms with Gasteiger partial charge in [0.1, 0.15) is 0 Å². The van der Waals surface area contributed by atoms with Gasteiger partial charge in [-0.15, -0.1) is 0 Å². The van der Waals surface area contributed by atoms with Gasteiger partial charge in [-0.05, 0) is 43.3 Å². The molecular weight excluding hydrogens is 190 g/mol. The summed E-state index contributed by atoms with van der Waals surface area (Å²) in [4.78, 5) is 0. The number of nitrogens with two attached hydrogens (primary N) is 1. The zero-order chi connectivity index (χ0) is 10.6. The Bertz CT molecular complexity index is 158. The maximum Gasteiger partial charge on any atom is 0.0201 e. The maximum absolute atomic E-state index is 6.14. The second kappa shape index (κ2) is 6.02. The van der Waals surface area contributed by atoms with E-state index in [2.05, 4.69) is 32.5 Å². The van der Waals surface area contributed by atoms with Gasteiger partial charge in [-0.3, -0.25) is 0 Å². The zero-order valence-electron chi connectivity index (χ0n) is 9.83. The summed E-state index contributed by atoms with van der Waals surface area (Å²) in [6.07, 6.45) is 5.25. The van der Waals surface area contributed by atoms with Crippen LogP contribution in [0.5, 0.6) is 0 Å². The Morgan fingerprint density at radius 1 is 1.36 bits per heavy atom. The number of thioether (sulfide) groups is 1. The summed E-state index contributed by atoms with van der Waals surface area (Å²) in [5, 5.41) is 0.734. The molecule has 0 bridgehead atoms. The van der Waals surface area contributed by atoms with Crippen molar-refractivity contribution < 1.29 is 0 Å². The summed E-state index contributed by atoms with van der Waals surface area (Å²) in [7, 11) is 0. The van der Waals surface area contributed by atoms with E-state index in [0.717, 1.165) is 17.1 Å². The lowest BCUT2D eigenvalue weighted by atomic mass is 9.87. The first-order chi connectivity index (χ1) is 6.59. The summed E-state index contributed by atoms with van der Waals surface area (Å²) >= 11 is 2.11. The minimum atomic E-state index is 0.461. The van der Waals surface area contributed by atoms with Crippen LogP contribution in [0.1, 0.15) is 46.5 Å². The fourth-order valence-electron chi connectivity index (χ4n) is 2.00. The molecule has 1 aliphatic carbocycles. The average Bonchev–Trinajstić information content (AvgIpc) is 2.10. The predicted molar refractivity (Wildman–Crippen MR) is 66.7 cm³/mol. The molecule has 1 saturated carbocycles. The lowest BCUT2D eigenvalue weighted by molar-refractivity contribution is 0.357. The molecule has 2 heteroatoms. The molecule has 0 spiro atoms. The molecule has 1 rings (SSSR count). The summed E-state index contributed by atoms with van der Waals surface area (Å²) in [6, 6.07) is 0.461. The van der Waals surface area contributed by atoms with Crippen LogP contribution in [0.4, 0.5) is 0 Å². The van der Waals surface area contributed by atoms with E-state index >= 15 is 0 Å². The van der Waals surface area contributed by atoms with Gasteiger partial charge in [0.05, 0.1) is 0 Å². The summed E-state index contributed by atoms with van der Waals surface area (Å²) in [5.74, 6) is 3.02. The molecule has 0 amide bonds. The second-order valence-electron chi connectivity index (χ2n) is 5.17. The average molecular weight is 215 g/mol. The van der Waals surface area contributed by atoms with Crippen molar-refractivity contribution in [2.24, 2.45) is 17.6 Å². The van der Waals surface area contributed by atoms with Gasteiger partial charge in [-0.2, -0.15) is 11.8 Å². The third-order valence-electron chi connectivity index (χ3n) is 3.13. The minimum Gasteiger partial charge on any atom is -0.327 e. The molecule has 1 aliphatic rings. The number of rotatable bonds is 4. The Morgan fingerprint density at radius 2 is 2.07 bits per heavy atom. The Labute approximate surface area is 93.2 Å². The van der Waals surface area contributed by atoms with E-state index in [1.165, 1.54) is 31.4 Å². The van der Waals surface area contributed by atoms with E-state index < -0.39 is 0 Å². The molecule has 0 aliphatic heterocycles. The molecule has 0 aromatic carbocycles. The molecule has 3 unspecified atom stereocenters. The first-order valence-corrected chi connectivity index (χ1v) is 7.01. The van der Waals surface area contributed by atoms with Crippen molar-refractivity contribution in [2.75, 3.05) is 5.75 Å². The third kappa shape index (κ3) is 4.22. The van der Waals surface area contributed by atoms with E-state index in [-0.39, 0.29) is 0 Å². The summed E-state index contributed by atoms with van der Waals surface area (Å²) in [6.45, 7) is 6.95. The van der Waals surface area contributed by atoms with Crippen molar-refractivity contribution in [3.8, 4) is 0 Å². The van der Waals surface area contributed by atoms with Crippen LogP contribution in [0.3, 0.4) is 0 Å². The first-order valence-electron chi connectivity index (χ1n) is 5.96. The van der Waals surface area contributed by atoms with E-state index in [1.807, 2.05) is 0 Å². The van der Waals surface area contributed by atoms with Crippen molar-refractivity contribution in [3.05, 3.63) is 0 Å². The smallest absolute Gasteiger partial charge is 0.0201 e. The van der Waals surface area contributed by atoms with Crippen LogP contribution in [0.15, 0.2) is 0 Å². The molecule has 2 N–H and O–H groups in total. The van der Waals surface area contributed by atoms with Crippen LogP contribution in [0, 0.1) is 11.8 Å². The van der Waals surface area contributed by atoms with E-state index in [9.17, 15) is 0 Å². The highest BCUT2D eigenvalue weighted by atomic mass is 32.2. The van der Waals surface area contributed by atoms with Crippen LogP contribution in [-0.2, 0) is 0 Å². The van der Waals surface area contributed by atoms with Gasteiger partial charge < -0.3 is 5.73 Å². The molecule has 1 nitrogen and oxygen atoms in total.